The van der Waals surface area contributed by atoms with E-state index in [0.717, 1.165) is 11.0 Å². The van der Waals surface area contributed by atoms with Crippen LogP contribution in [0, 0.1) is 5.92 Å². The minimum absolute atomic E-state index is 0.480. The first-order valence-corrected chi connectivity index (χ1v) is 6.26. The molecule has 0 saturated heterocycles. The minimum Gasteiger partial charge on any atom is -0.306 e. The standard InChI is InChI=1S/C13H16BrN/c1-2-10-4-3-9-15-13(10)11-5-7-12(14)8-6-11/h3-8,10,13,15H,2,9H2,1H3. The van der Waals surface area contributed by atoms with Crippen molar-refractivity contribution in [1.29, 1.82) is 0 Å². The molecule has 1 N–H and O–H groups in total. The Labute approximate surface area is 99.7 Å². The van der Waals surface area contributed by atoms with Gasteiger partial charge in [0.2, 0.25) is 0 Å². The first-order valence-electron chi connectivity index (χ1n) is 5.46. The van der Waals surface area contributed by atoms with E-state index in [9.17, 15) is 0 Å². The highest BCUT2D eigenvalue weighted by Crippen LogP contribution is 2.28. The van der Waals surface area contributed by atoms with Gasteiger partial charge in [-0.15, -0.1) is 0 Å². The molecule has 1 aliphatic rings. The zero-order chi connectivity index (χ0) is 10.7. The largest absolute Gasteiger partial charge is 0.306 e. The predicted molar refractivity (Wildman–Crippen MR) is 67.8 cm³/mol. The Bertz CT molecular complexity index is 342. The second-order valence-electron chi connectivity index (χ2n) is 3.94. The fraction of sp³-hybridized carbons (Fsp3) is 0.385. The van der Waals surface area contributed by atoms with E-state index in [1.807, 2.05) is 0 Å². The molecule has 0 radical (unpaired) electrons. The molecule has 2 rings (SSSR count). The maximum atomic E-state index is 3.55. The Morgan fingerprint density at radius 1 is 1.33 bits per heavy atom. The molecule has 2 heteroatoms. The Kier molecular flexibility index (Phi) is 3.60. The molecule has 0 fully saturated rings. The van der Waals surface area contributed by atoms with Gasteiger partial charge in [0.15, 0.2) is 0 Å². The second-order valence-corrected chi connectivity index (χ2v) is 4.85. The molecule has 2 unspecified atom stereocenters. The summed E-state index contributed by atoms with van der Waals surface area (Å²) in [6.07, 6.45) is 5.75. The maximum Gasteiger partial charge on any atom is 0.0385 e. The number of nitrogens with one attached hydrogen (secondary N) is 1. The van der Waals surface area contributed by atoms with Crippen LogP contribution in [-0.4, -0.2) is 6.54 Å². The molecule has 1 nitrogen and oxygen atoms in total. The average molecular weight is 266 g/mol. The van der Waals surface area contributed by atoms with Gasteiger partial charge in [-0.05, 0) is 30.0 Å². The third-order valence-corrected chi connectivity index (χ3v) is 3.50. The van der Waals surface area contributed by atoms with E-state index >= 15 is 0 Å². The molecule has 0 aliphatic carbocycles. The Balaban J connectivity index is 2.22. The van der Waals surface area contributed by atoms with Crippen molar-refractivity contribution in [1.82, 2.24) is 5.32 Å². The smallest absolute Gasteiger partial charge is 0.0385 e. The quantitative estimate of drug-likeness (QED) is 0.805. The fourth-order valence-electron chi connectivity index (χ4n) is 2.11. The van der Waals surface area contributed by atoms with Gasteiger partial charge >= 0.3 is 0 Å². The molecular weight excluding hydrogens is 250 g/mol. The van der Waals surface area contributed by atoms with E-state index in [-0.39, 0.29) is 0 Å². The number of benzene rings is 1. The van der Waals surface area contributed by atoms with Crippen LogP contribution in [0.2, 0.25) is 0 Å². The van der Waals surface area contributed by atoms with Crippen LogP contribution < -0.4 is 5.32 Å². The van der Waals surface area contributed by atoms with Crippen molar-refractivity contribution >= 4 is 15.9 Å². The van der Waals surface area contributed by atoms with Crippen molar-refractivity contribution in [2.45, 2.75) is 19.4 Å². The van der Waals surface area contributed by atoms with Crippen LogP contribution >= 0.6 is 15.9 Å². The number of hydrogen-bond donors (Lipinski definition) is 1. The summed E-state index contributed by atoms with van der Waals surface area (Å²) in [6.45, 7) is 3.23. The average Bonchev–Trinajstić information content (AvgIpc) is 2.30. The maximum absolute atomic E-state index is 3.55. The molecule has 0 spiro atoms. The molecule has 0 saturated carbocycles. The normalized spacial score (nSPS) is 25.5. The summed E-state index contributed by atoms with van der Waals surface area (Å²) < 4.78 is 1.14. The van der Waals surface area contributed by atoms with Gasteiger partial charge in [0.1, 0.15) is 0 Å². The molecule has 1 aromatic carbocycles. The highest BCUT2D eigenvalue weighted by molar-refractivity contribution is 9.10. The lowest BCUT2D eigenvalue weighted by Crippen LogP contribution is -2.30. The predicted octanol–water partition coefficient (Wildman–Crippen LogP) is 3.68. The highest BCUT2D eigenvalue weighted by atomic mass is 79.9. The van der Waals surface area contributed by atoms with Crippen LogP contribution in [0.15, 0.2) is 40.9 Å². The lowest BCUT2D eigenvalue weighted by Gasteiger charge is -2.28. The molecule has 80 valence electrons. The summed E-state index contributed by atoms with van der Waals surface area (Å²) >= 11 is 3.47. The molecule has 0 bridgehead atoms. The molecule has 1 aromatic rings. The van der Waals surface area contributed by atoms with Crippen molar-refractivity contribution in [3.05, 3.63) is 46.5 Å². The third-order valence-electron chi connectivity index (χ3n) is 2.97. The van der Waals surface area contributed by atoms with E-state index in [1.54, 1.807) is 0 Å². The second kappa shape index (κ2) is 4.95. The molecule has 0 amide bonds. The summed E-state index contributed by atoms with van der Waals surface area (Å²) in [6, 6.07) is 9.10. The van der Waals surface area contributed by atoms with Gasteiger partial charge in [-0.2, -0.15) is 0 Å². The lowest BCUT2D eigenvalue weighted by molar-refractivity contribution is 0.409. The fourth-order valence-corrected chi connectivity index (χ4v) is 2.37. The van der Waals surface area contributed by atoms with Gasteiger partial charge in [-0.1, -0.05) is 47.1 Å². The summed E-state index contributed by atoms with van der Waals surface area (Å²) in [5.74, 6) is 0.625. The van der Waals surface area contributed by atoms with E-state index in [4.69, 9.17) is 0 Å². The molecule has 0 aromatic heterocycles. The summed E-state index contributed by atoms with van der Waals surface area (Å²) in [4.78, 5) is 0. The molecule has 15 heavy (non-hydrogen) atoms. The molecule has 1 aliphatic heterocycles. The van der Waals surface area contributed by atoms with E-state index in [1.165, 1.54) is 12.0 Å². The van der Waals surface area contributed by atoms with Crippen LogP contribution in [0.5, 0.6) is 0 Å². The highest BCUT2D eigenvalue weighted by Gasteiger charge is 2.20. The number of halogens is 1. The SMILES string of the molecule is CCC1C=CCNC1c1ccc(Br)cc1. The van der Waals surface area contributed by atoms with Crippen LogP contribution in [-0.2, 0) is 0 Å². The zero-order valence-corrected chi connectivity index (χ0v) is 10.5. The van der Waals surface area contributed by atoms with Crippen molar-refractivity contribution in [3.8, 4) is 0 Å². The van der Waals surface area contributed by atoms with Crippen LogP contribution in [0.3, 0.4) is 0 Å². The van der Waals surface area contributed by atoms with Crippen molar-refractivity contribution < 1.29 is 0 Å². The lowest BCUT2D eigenvalue weighted by atomic mass is 9.88. The van der Waals surface area contributed by atoms with Gasteiger partial charge < -0.3 is 5.32 Å². The molecular formula is C13H16BrN. The van der Waals surface area contributed by atoms with Crippen LogP contribution in [0.1, 0.15) is 24.9 Å². The topological polar surface area (TPSA) is 12.0 Å². The van der Waals surface area contributed by atoms with Crippen LogP contribution in [0.25, 0.3) is 0 Å². The summed E-state index contributed by atoms with van der Waals surface area (Å²) in [5, 5.41) is 3.55. The van der Waals surface area contributed by atoms with Crippen molar-refractivity contribution in [2.75, 3.05) is 6.54 Å². The molecule has 2 atom stereocenters. The van der Waals surface area contributed by atoms with E-state index < -0.39 is 0 Å². The summed E-state index contributed by atoms with van der Waals surface area (Å²) in [7, 11) is 0. The number of rotatable bonds is 2. The van der Waals surface area contributed by atoms with Crippen molar-refractivity contribution in [3.63, 3.8) is 0 Å². The van der Waals surface area contributed by atoms with E-state index in [2.05, 4.69) is 64.6 Å². The Hall–Kier alpha value is -0.600. The van der Waals surface area contributed by atoms with Gasteiger partial charge in [-0.3, -0.25) is 0 Å². The monoisotopic (exact) mass is 265 g/mol. The zero-order valence-electron chi connectivity index (χ0n) is 8.91. The first kappa shape index (κ1) is 10.9. The Morgan fingerprint density at radius 3 is 2.73 bits per heavy atom. The van der Waals surface area contributed by atoms with Gasteiger partial charge in [0.25, 0.3) is 0 Å². The Morgan fingerprint density at radius 2 is 2.07 bits per heavy atom. The van der Waals surface area contributed by atoms with Gasteiger partial charge in [-0.25, -0.2) is 0 Å². The van der Waals surface area contributed by atoms with Gasteiger partial charge in [0, 0.05) is 17.1 Å². The third kappa shape index (κ3) is 2.50. The number of hydrogen-bond acceptors (Lipinski definition) is 1. The molecule has 1 heterocycles. The van der Waals surface area contributed by atoms with Crippen LogP contribution in [0.4, 0.5) is 0 Å². The van der Waals surface area contributed by atoms with Gasteiger partial charge in [0.05, 0.1) is 0 Å². The van der Waals surface area contributed by atoms with Crippen molar-refractivity contribution in [2.24, 2.45) is 5.92 Å². The summed E-state index contributed by atoms with van der Waals surface area (Å²) in [5.41, 5.74) is 1.38. The first-order chi connectivity index (χ1) is 7.31. The van der Waals surface area contributed by atoms with E-state index in [0.29, 0.717) is 12.0 Å². The minimum atomic E-state index is 0.480.